The Morgan fingerprint density at radius 2 is 1.52 bits per heavy atom. The molecule has 5 heterocycles. The molecule has 0 unspecified atom stereocenters. The van der Waals surface area contributed by atoms with E-state index >= 15 is 0 Å². The highest BCUT2D eigenvalue weighted by Crippen LogP contribution is 2.41. The summed E-state index contributed by atoms with van der Waals surface area (Å²) in [4.78, 5) is 26.6. The number of nitrogens with zero attached hydrogens (tertiary/aromatic N) is 8. The van der Waals surface area contributed by atoms with Crippen molar-refractivity contribution in [3.05, 3.63) is 116 Å². The van der Waals surface area contributed by atoms with Crippen molar-refractivity contribution in [2.45, 2.75) is 26.2 Å². The normalized spacial score (nSPS) is 13.0. The van der Waals surface area contributed by atoms with Crippen LogP contribution in [0.4, 0.5) is 17.1 Å². The van der Waals surface area contributed by atoms with Crippen LogP contribution < -0.4 is 14.5 Å². The fourth-order valence-corrected chi connectivity index (χ4v) is 6.19. The molecule has 46 heavy (non-hydrogen) atoms. The lowest BCUT2D eigenvalue weighted by Crippen LogP contribution is -2.23. The Balaban J connectivity index is 1.24. The van der Waals surface area contributed by atoms with Crippen LogP contribution in [-0.4, -0.2) is 43.2 Å². The highest BCUT2D eigenvalue weighted by molar-refractivity contribution is 6.10. The first-order valence-corrected chi connectivity index (χ1v) is 15.2. The lowest BCUT2D eigenvalue weighted by atomic mass is 9.88. The molecule has 226 valence electrons. The topological polar surface area (TPSA) is 85.1 Å². The zero-order valence-electron chi connectivity index (χ0n) is 26.1. The van der Waals surface area contributed by atoms with Crippen LogP contribution >= 0.6 is 0 Å². The van der Waals surface area contributed by atoms with Crippen LogP contribution in [0, 0.1) is 0 Å². The summed E-state index contributed by atoms with van der Waals surface area (Å²) in [5, 5.41) is 2.14. The quantitative estimate of drug-likeness (QED) is 0.195. The van der Waals surface area contributed by atoms with E-state index in [0.29, 0.717) is 17.5 Å². The molecule has 0 atom stereocenters. The predicted octanol–water partition coefficient (Wildman–Crippen LogP) is 8.06. The molecule has 0 aliphatic carbocycles. The number of anilines is 3. The molecular weight excluding hydrogens is 572 g/mol. The predicted molar refractivity (Wildman–Crippen MR) is 182 cm³/mol. The van der Waals surface area contributed by atoms with Gasteiger partial charge in [-0.15, -0.1) is 0 Å². The Kier molecular flexibility index (Phi) is 6.42. The standard InChI is InChI=1S/C37H32N8O/c1-37(2,3)25-13-15-39-34(18-25)45-30-12-9-24(36-41-21-38-22-42-36)17-29(30)28-11-10-27(20-33(28)45)46-35-19-26(14-16-40-35)44-23-43(4)31-7-5-6-8-32(31)44/h5-22H,23H2,1-4H3. The summed E-state index contributed by atoms with van der Waals surface area (Å²) in [6.07, 6.45) is 6.72. The third-order valence-corrected chi connectivity index (χ3v) is 8.52. The summed E-state index contributed by atoms with van der Waals surface area (Å²) in [7, 11) is 2.10. The molecule has 0 spiro atoms. The van der Waals surface area contributed by atoms with Crippen LogP contribution in [0.2, 0.25) is 0 Å². The van der Waals surface area contributed by atoms with Gasteiger partial charge in [0.1, 0.15) is 24.2 Å². The van der Waals surface area contributed by atoms with Gasteiger partial charge in [0.2, 0.25) is 5.88 Å². The van der Waals surface area contributed by atoms with E-state index in [1.54, 1.807) is 6.20 Å². The van der Waals surface area contributed by atoms with E-state index in [-0.39, 0.29) is 5.41 Å². The molecule has 0 amide bonds. The largest absolute Gasteiger partial charge is 0.439 e. The minimum atomic E-state index is -0.0298. The maximum Gasteiger partial charge on any atom is 0.221 e. The van der Waals surface area contributed by atoms with Crippen molar-refractivity contribution in [1.82, 2.24) is 29.5 Å². The molecule has 1 aliphatic heterocycles. The number of rotatable bonds is 5. The molecule has 0 bridgehead atoms. The summed E-state index contributed by atoms with van der Waals surface area (Å²) < 4.78 is 8.65. The molecule has 7 aromatic rings. The zero-order valence-corrected chi connectivity index (χ0v) is 26.1. The maximum absolute atomic E-state index is 6.45. The Morgan fingerprint density at radius 1 is 0.717 bits per heavy atom. The first kappa shape index (κ1) is 27.7. The Hall–Kier alpha value is -5.83. The molecule has 0 saturated carbocycles. The molecule has 9 heteroatoms. The van der Waals surface area contributed by atoms with Crippen molar-refractivity contribution in [3.8, 4) is 28.8 Å². The number of hydrogen-bond donors (Lipinski definition) is 0. The highest BCUT2D eigenvalue weighted by Gasteiger charge is 2.24. The monoisotopic (exact) mass is 604 g/mol. The number of aromatic nitrogens is 6. The molecule has 8 rings (SSSR count). The van der Waals surface area contributed by atoms with Crippen molar-refractivity contribution in [3.63, 3.8) is 0 Å². The van der Waals surface area contributed by atoms with Crippen molar-refractivity contribution in [1.29, 1.82) is 0 Å². The van der Waals surface area contributed by atoms with Crippen molar-refractivity contribution in [2.75, 3.05) is 23.5 Å². The fourth-order valence-electron chi connectivity index (χ4n) is 6.19. The van der Waals surface area contributed by atoms with Crippen LogP contribution in [0.1, 0.15) is 26.3 Å². The van der Waals surface area contributed by atoms with Gasteiger partial charge in [0.25, 0.3) is 0 Å². The molecule has 1 aliphatic rings. The van der Waals surface area contributed by atoms with E-state index < -0.39 is 0 Å². The van der Waals surface area contributed by atoms with E-state index in [1.807, 2.05) is 30.5 Å². The second kappa shape index (κ2) is 10.7. The second-order valence-electron chi connectivity index (χ2n) is 12.6. The van der Waals surface area contributed by atoms with Crippen LogP contribution in [0.15, 0.2) is 110 Å². The van der Waals surface area contributed by atoms with Gasteiger partial charge in [-0.1, -0.05) is 32.9 Å². The second-order valence-corrected chi connectivity index (χ2v) is 12.6. The third kappa shape index (κ3) is 4.77. The number of hydrogen-bond acceptors (Lipinski definition) is 8. The molecule has 4 aromatic heterocycles. The summed E-state index contributed by atoms with van der Waals surface area (Å²) in [5.74, 6) is 2.68. The Morgan fingerprint density at radius 3 is 2.35 bits per heavy atom. The molecule has 0 saturated heterocycles. The summed E-state index contributed by atoms with van der Waals surface area (Å²) in [6.45, 7) is 7.39. The summed E-state index contributed by atoms with van der Waals surface area (Å²) >= 11 is 0. The van der Waals surface area contributed by atoms with Crippen molar-refractivity contribution < 1.29 is 4.74 Å². The minimum Gasteiger partial charge on any atom is -0.439 e. The minimum absolute atomic E-state index is 0.0298. The fraction of sp³-hybridized carbons (Fsp3) is 0.162. The van der Waals surface area contributed by atoms with E-state index in [0.717, 1.165) is 51.2 Å². The van der Waals surface area contributed by atoms with Gasteiger partial charge in [0, 0.05) is 53.6 Å². The lowest BCUT2D eigenvalue weighted by Gasteiger charge is -2.20. The number of fused-ring (bicyclic) bond motifs is 4. The SMILES string of the molecule is CN1CN(c2ccnc(Oc3ccc4c5cc(-c6ncncn6)ccc5n(-c5cc(C(C)(C)C)ccn5)c4c3)c2)c2ccccc21. The van der Waals surface area contributed by atoms with E-state index in [9.17, 15) is 0 Å². The van der Waals surface area contributed by atoms with E-state index in [4.69, 9.17) is 9.72 Å². The molecular formula is C37H32N8O. The molecule has 9 nitrogen and oxygen atoms in total. The van der Waals surface area contributed by atoms with Gasteiger partial charge in [-0.05, 0) is 71.6 Å². The van der Waals surface area contributed by atoms with Crippen LogP contribution in [-0.2, 0) is 5.41 Å². The van der Waals surface area contributed by atoms with Crippen molar-refractivity contribution in [2.24, 2.45) is 0 Å². The molecule has 3 aromatic carbocycles. The van der Waals surface area contributed by atoms with Gasteiger partial charge in [-0.2, -0.15) is 0 Å². The van der Waals surface area contributed by atoms with E-state index in [2.05, 4.69) is 123 Å². The first-order valence-electron chi connectivity index (χ1n) is 15.2. The van der Waals surface area contributed by atoms with Gasteiger partial charge in [0.15, 0.2) is 5.82 Å². The maximum atomic E-state index is 6.45. The third-order valence-electron chi connectivity index (χ3n) is 8.52. The Labute approximate surface area is 266 Å². The van der Waals surface area contributed by atoms with Crippen LogP contribution in [0.5, 0.6) is 11.6 Å². The highest BCUT2D eigenvalue weighted by atomic mass is 16.5. The number of para-hydroxylation sites is 2. The van der Waals surface area contributed by atoms with Crippen LogP contribution in [0.3, 0.4) is 0 Å². The first-order chi connectivity index (χ1) is 22.3. The number of pyridine rings is 2. The zero-order chi connectivity index (χ0) is 31.4. The molecule has 0 N–H and O–H groups in total. The average molecular weight is 605 g/mol. The van der Waals surface area contributed by atoms with E-state index in [1.165, 1.54) is 23.9 Å². The van der Waals surface area contributed by atoms with Gasteiger partial charge in [0.05, 0.1) is 29.1 Å². The molecule has 0 fully saturated rings. The smallest absolute Gasteiger partial charge is 0.221 e. The van der Waals surface area contributed by atoms with Gasteiger partial charge in [-0.3, -0.25) is 4.57 Å². The Bertz CT molecular complexity index is 2240. The van der Waals surface area contributed by atoms with Crippen LogP contribution in [0.25, 0.3) is 39.0 Å². The average Bonchev–Trinajstić information content (AvgIpc) is 3.59. The molecule has 0 radical (unpaired) electrons. The number of benzene rings is 3. The lowest BCUT2D eigenvalue weighted by molar-refractivity contribution is 0.463. The summed E-state index contributed by atoms with van der Waals surface area (Å²) in [6, 6.07) is 29.1. The number of ether oxygens (including phenoxy) is 1. The van der Waals surface area contributed by atoms with Gasteiger partial charge >= 0.3 is 0 Å². The van der Waals surface area contributed by atoms with Gasteiger partial charge < -0.3 is 14.5 Å². The summed E-state index contributed by atoms with van der Waals surface area (Å²) in [5.41, 5.74) is 7.48. The van der Waals surface area contributed by atoms with Crippen molar-refractivity contribution >= 4 is 38.9 Å². The van der Waals surface area contributed by atoms with Gasteiger partial charge in [-0.25, -0.2) is 24.9 Å².